The van der Waals surface area contributed by atoms with Crippen LogP contribution in [0, 0.1) is 0 Å². The summed E-state index contributed by atoms with van der Waals surface area (Å²) < 4.78 is 37.7. The van der Waals surface area contributed by atoms with Crippen molar-refractivity contribution < 1.29 is 27.2 Å². The second kappa shape index (κ2) is 10.6. The minimum atomic E-state index is -3.90. The van der Waals surface area contributed by atoms with Crippen molar-refractivity contribution in [2.24, 2.45) is 0 Å². The number of benzene rings is 2. The molecule has 0 aliphatic rings. The summed E-state index contributed by atoms with van der Waals surface area (Å²) in [4.78, 5) is 26.7. The number of para-hydroxylation sites is 2. The van der Waals surface area contributed by atoms with Gasteiger partial charge in [0.25, 0.3) is 0 Å². The summed E-state index contributed by atoms with van der Waals surface area (Å²) in [5.74, 6) is -0.150. The Morgan fingerprint density at radius 1 is 1.00 bits per heavy atom. The number of carbonyl (C=O) groups excluding carboxylic acids is 2. The lowest BCUT2D eigenvalue weighted by molar-refractivity contribution is -0.123. The van der Waals surface area contributed by atoms with Crippen LogP contribution in [0.1, 0.15) is 5.76 Å². The molecule has 10 heteroatoms. The highest BCUT2D eigenvalue weighted by Gasteiger charge is 2.24. The fraction of sp³-hybridized carbons (Fsp3) is 0.182. The largest absolute Gasteiger partial charge is 0.495 e. The molecule has 0 aliphatic heterocycles. The average Bonchev–Trinajstić information content (AvgIpc) is 3.34. The van der Waals surface area contributed by atoms with E-state index in [-0.39, 0.29) is 18.0 Å². The summed E-state index contributed by atoms with van der Waals surface area (Å²) in [5.41, 5.74) is 0.340. The van der Waals surface area contributed by atoms with Gasteiger partial charge in [-0.15, -0.1) is 0 Å². The first kappa shape index (κ1) is 23.0. The predicted molar refractivity (Wildman–Crippen MR) is 118 cm³/mol. The van der Waals surface area contributed by atoms with Crippen molar-refractivity contribution in [3.8, 4) is 5.75 Å². The van der Waals surface area contributed by atoms with E-state index >= 15 is 0 Å². The Hall–Kier alpha value is -3.63. The zero-order valence-corrected chi connectivity index (χ0v) is 18.2. The predicted octanol–water partition coefficient (Wildman–Crippen LogP) is 1.92. The number of anilines is 1. The highest BCUT2D eigenvalue weighted by atomic mass is 32.2. The summed E-state index contributed by atoms with van der Waals surface area (Å²) in [6, 6.07) is 17.8. The molecule has 1 aromatic heterocycles. The number of hydrogen-bond donors (Lipinski definition) is 2. The van der Waals surface area contributed by atoms with E-state index in [1.54, 1.807) is 54.6 Å². The highest BCUT2D eigenvalue weighted by molar-refractivity contribution is 7.89. The molecule has 0 atom stereocenters. The maximum absolute atomic E-state index is 13.0. The van der Waals surface area contributed by atoms with Gasteiger partial charge in [0.2, 0.25) is 21.8 Å². The Labute approximate surface area is 186 Å². The van der Waals surface area contributed by atoms with Crippen molar-refractivity contribution in [3.05, 3.63) is 78.8 Å². The van der Waals surface area contributed by atoms with Gasteiger partial charge in [0, 0.05) is 0 Å². The molecule has 3 aromatic rings. The summed E-state index contributed by atoms with van der Waals surface area (Å²) in [6.45, 7) is -0.728. The van der Waals surface area contributed by atoms with Crippen molar-refractivity contribution >= 4 is 27.5 Å². The van der Waals surface area contributed by atoms with Crippen molar-refractivity contribution in [1.29, 1.82) is 0 Å². The number of hydrogen-bond acceptors (Lipinski definition) is 6. The van der Waals surface area contributed by atoms with Gasteiger partial charge in [-0.25, -0.2) is 13.1 Å². The molecule has 0 aliphatic carbocycles. The van der Waals surface area contributed by atoms with E-state index in [0.29, 0.717) is 17.2 Å². The molecular weight excluding hydrogens is 434 g/mol. The maximum Gasteiger partial charge on any atom is 0.242 e. The summed E-state index contributed by atoms with van der Waals surface area (Å²) in [6.07, 6.45) is 1.49. The van der Waals surface area contributed by atoms with E-state index in [4.69, 9.17) is 9.15 Å². The van der Waals surface area contributed by atoms with Crippen LogP contribution in [-0.4, -0.2) is 40.4 Å². The molecule has 0 saturated heterocycles. The van der Waals surface area contributed by atoms with Crippen LogP contribution < -0.4 is 19.7 Å². The molecule has 168 valence electrons. The summed E-state index contributed by atoms with van der Waals surface area (Å²) in [7, 11) is -2.46. The lowest BCUT2D eigenvalue weighted by atomic mass is 10.2. The third-order valence-electron chi connectivity index (χ3n) is 4.49. The lowest BCUT2D eigenvalue weighted by Gasteiger charge is -2.24. The standard InChI is InChI=1S/C22H23N3O6S/c1-30-20-12-6-5-11-19(20)25(16-21(26)23-14-17-8-7-13-31-17)22(27)15-24-32(28,29)18-9-3-2-4-10-18/h2-13,24H,14-16H2,1H3,(H,23,26). The van der Waals surface area contributed by atoms with Crippen molar-refractivity contribution in [3.63, 3.8) is 0 Å². The number of furan rings is 1. The number of nitrogens with zero attached hydrogens (tertiary/aromatic N) is 1. The molecule has 3 rings (SSSR count). The van der Waals surface area contributed by atoms with Crippen LogP contribution in [-0.2, 0) is 26.2 Å². The Morgan fingerprint density at radius 3 is 2.41 bits per heavy atom. The first-order chi connectivity index (χ1) is 15.4. The van der Waals surface area contributed by atoms with E-state index in [9.17, 15) is 18.0 Å². The third kappa shape index (κ3) is 5.96. The minimum Gasteiger partial charge on any atom is -0.495 e. The Balaban J connectivity index is 1.75. The molecule has 2 amide bonds. The number of amides is 2. The maximum atomic E-state index is 13.0. The number of nitrogens with one attached hydrogen (secondary N) is 2. The fourth-order valence-corrected chi connectivity index (χ4v) is 3.89. The molecular formula is C22H23N3O6S. The first-order valence-corrected chi connectivity index (χ1v) is 11.2. The average molecular weight is 458 g/mol. The molecule has 0 bridgehead atoms. The van der Waals surface area contributed by atoms with Crippen molar-refractivity contribution in [1.82, 2.24) is 10.0 Å². The topological polar surface area (TPSA) is 118 Å². The molecule has 0 saturated carbocycles. The molecule has 0 fully saturated rings. The van der Waals surface area contributed by atoms with Gasteiger partial charge in [0.1, 0.15) is 18.1 Å². The Morgan fingerprint density at radius 2 is 1.72 bits per heavy atom. The van der Waals surface area contributed by atoms with E-state index < -0.39 is 28.4 Å². The monoisotopic (exact) mass is 457 g/mol. The number of methoxy groups -OCH3 is 1. The van der Waals surface area contributed by atoms with Gasteiger partial charge in [-0.1, -0.05) is 30.3 Å². The third-order valence-corrected chi connectivity index (χ3v) is 5.90. The Bertz CT molecular complexity index is 1150. The lowest BCUT2D eigenvalue weighted by Crippen LogP contribution is -2.45. The van der Waals surface area contributed by atoms with E-state index in [1.807, 2.05) is 0 Å². The molecule has 0 spiro atoms. The molecule has 2 aromatic carbocycles. The van der Waals surface area contributed by atoms with Gasteiger partial charge in [-0.05, 0) is 36.4 Å². The zero-order valence-electron chi connectivity index (χ0n) is 17.4. The second-order valence-corrected chi connectivity index (χ2v) is 8.41. The van der Waals surface area contributed by atoms with Crippen LogP contribution in [0.5, 0.6) is 5.75 Å². The van der Waals surface area contributed by atoms with Gasteiger partial charge in [-0.3, -0.25) is 14.5 Å². The van der Waals surface area contributed by atoms with Crippen LogP contribution in [0.4, 0.5) is 5.69 Å². The van der Waals surface area contributed by atoms with Crippen LogP contribution in [0.3, 0.4) is 0 Å². The smallest absolute Gasteiger partial charge is 0.242 e. The quantitative estimate of drug-likeness (QED) is 0.480. The first-order valence-electron chi connectivity index (χ1n) is 9.68. The highest BCUT2D eigenvalue weighted by Crippen LogP contribution is 2.27. The molecule has 0 unspecified atom stereocenters. The van der Waals surface area contributed by atoms with Crippen LogP contribution in [0.25, 0.3) is 0 Å². The summed E-state index contributed by atoms with van der Waals surface area (Å²) in [5, 5.41) is 2.67. The van der Waals surface area contributed by atoms with Crippen molar-refractivity contribution in [2.75, 3.05) is 25.1 Å². The van der Waals surface area contributed by atoms with Crippen molar-refractivity contribution in [2.45, 2.75) is 11.4 Å². The van der Waals surface area contributed by atoms with Gasteiger partial charge in [-0.2, -0.15) is 0 Å². The van der Waals surface area contributed by atoms with E-state index in [2.05, 4.69) is 10.0 Å². The normalized spacial score (nSPS) is 11.0. The van der Waals surface area contributed by atoms with Crippen LogP contribution in [0.15, 0.2) is 82.3 Å². The number of carbonyl (C=O) groups is 2. The second-order valence-electron chi connectivity index (χ2n) is 6.65. The Kier molecular flexibility index (Phi) is 7.63. The molecule has 0 radical (unpaired) electrons. The molecule has 32 heavy (non-hydrogen) atoms. The summed E-state index contributed by atoms with van der Waals surface area (Å²) >= 11 is 0. The zero-order chi connectivity index (χ0) is 23.0. The number of rotatable bonds is 10. The van der Waals surface area contributed by atoms with E-state index in [0.717, 1.165) is 0 Å². The molecule has 9 nitrogen and oxygen atoms in total. The van der Waals surface area contributed by atoms with Crippen LogP contribution in [0.2, 0.25) is 0 Å². The minimum absolute atomic E-state index is 0.0350. The van der Waals surface area contributed by atoms with Gasteiger partial charge < -0.3 is 14.5 Å². The van der Waals surface area contributed by atoms with E-state index in [1.165, 1.54) is 30.4 Å². The number of ether oxygens (including phenoxy) is 1. The fourth-order valence-electron chi connectivity index (χ4n) is 2.89. The van der Waals surface area contributed by atoms with Gasteiger partial charge in [0.05, 0.1) is 37.0 Å². The molecule has 1 heterocycles. The molecule has 2 N–H and O–H groups in total. The van der Waals surface area contributed by atoms with Gasteiger partial charge in [0.15, 0.2) is 0 Å². The number of sulfonamides is 1. The van der Waals surface area contributed by atoms with Gasteiger partial charge >= 0.3 is 0 Å². The van der Waals surface area contributed by atoms with Crippen LogP contribution >= 0.6 is 0 Å². The SMILES string of the molecule is COc1ccccc1N(CC(=O)NCc1ccco1)C(=O)CNS(=O)(=O)c1ccccc1.